The van der Waals surface area contributed by atoms with Crippen LogP contribution in [0.4, 0.5) is 0 Å². The summed E-state index contributed by atoms with van der Waals surface area (Å²) < 4.78 is 2.12. The normalized spacial score (nSPS) is 21.5. The van der Waals surface area contributed by atoms with E-state index >= 15 is 0 Å². The Balaban J connectivity index is 0.00000288. The molecule has 1 aromatic heterocycles. The largest absolute Gasteiger partial charge is 0.354 e. The summed E-state index contributed by atoms with van der Waals surface area (Å²) in [6.07, 6.45) is 5.13. The van der Waals surface area contributed by atoms with E-state index in [-0.39, 0.29) is 24.0 Å². The van der Waals surface area contributed by atoms with Gasteiger partial charge in [0.2, 0.25) is 0 Å². The van der Waals surface area contributed by atoms with Crippen molar-refractivity contribution in [1.82, 2.24) is 25.0 Å². The van der Waals surface area contributed by atoms with Crippen LogP contribution in [0.2, 0.25) is 0 Å². The molecule has 0 saturated carbocycles. The standard InChI is InChI=1S/C17H32N6.HI/c1-5-7-18-17(23-11-14(3)10-15(4)12-23)19-8-9-22-13-20-21-16(22)6-2;/h13-15H,5-12H2,1-4H3,(H,18,19);1H. The molecule has 1 fully saturated rings. The molecule has 1 saturated heterocycles. The van der Waals surface area contributed by atoms with Crippen LogP contribution >= 0.6 is 24.0 Å². The Hall–Kier alpha value is -0.860. The second-order valence-electron chi connectivity index (χ2n) is 6.78. The van der Waals surface area contributed by atoms with E-state index in [0.29, 0.717) is 0 Å². The van der Waals surface area contributed by atoms with Crippen molar-refractivity contribution in [2.75, 3.05) is 26.2 Å². The lowest BCUT2D eigenvalue weighted by Crippen LogP contribution is -2.49. The van der Waals surface area contributed by atoms with Gasteiger partial charge in [-0.05, 0) is 24.7 Å². The minimum absolute atomic E-state index is 0. The molecule has 0 spiro atoms. The van der Waals surface area contributed by atoms with Crippen LogP contribution in [-0.2, 0) is 13.0 Å². The molecule has 0 amide bonds. The minimum atomic E-state index is 0. The zero-order valence-electron chi connectivity index (χ0n) is 15.5. The fraction of sp³-hybridized carbons (Fsp3) is 0.824. The molecular weight excluding hydrogens is 415 g/mol. The summed E-state index contributed by atoms with van der Waals surface area (Å²) in [5.41, 5.74) is 0. The second kappa shape index (κ2) is 10.9. The van der Waals surface area contributed by atoms with Gasteiger partial charge in [-0.25, -0.2) is 0 Å². The molecule has 0 aromatic carbocycles. The number of aromatic nitrogens is 3. The fourth-order valence-electron chi connectivity index (χ4n) is 3.35. The van der Waals surface area contributed by atoms with Crippen LogP contribution in [0.5, 0.6) is 0 Å². The van der Waals surface area contributed by atoms with Gasteiger partial charge in [-0.15, -0.1) is 34.2 Å². The van der Waals surface area contributed by atoms with Crippen LogP contribution in [-0.4, -0.2) is 51.8 Å². The molecule has 6 nitrogen and oxygen atoms in total. The van der Waals surface area contributed by atoms with Gasteiger partial charge in [0, 0.05) is 39.1 Å². The van der Waals surface area contributed by atoms with Crippen molar-refractivity contribution in [3.8, 4) is 0 Å². The summed E-state index contributed by atoms with van der Waals surface area (Å²) in [6, 6.07) is 0. The van der Waals surface area contributed by atoms with Crippen LogP contribution < -0.4 is 5.32 Å². The number of rotatable bonds is 6. The van der Waals surface area contributed by atoms with E-state index in [1.54, 1.807) is 0 Å². The highest BCUT2D eigenvalue weighted by Gasteiger charge is 2.24. The molecule has 0 bridgehead atoms. The van der Waals surface area contributed by atoms with E-state index in [4.69, 9.17) is 4.99 Å². The third-order valence-electron chi connectivity index (χ3n) is 4.30. The summed E-state index contributed by atoms with van der Waals surface area (Å²) in [4.78, 5) is 7.22. The van der Waals surface area contributed by atoms with Gasteiger partial charge in [-0.2, -0.15) is 0 Å². The molecule has 24 heavy (non-hydrogen) atoms. The van der Waals surface area contributed by atoms with Gasteiger partial charge in [0.1, 0.15) is 12.2 Å². The number of nitrogens with zero attached hydrogens (tertiary/aromatic N) is 5. The lowest BCUT2D eigenvalue weighted by molar-refractivity contribution is 0.208. The molecule has 2 atom stereocenters. The monoisotopic (exact) mass is 448 g/mol. The van der Waals surface area contributed by atoms with Crippen molar-refractivity contribution in [3.63, 3.8) is 0 Å². The molecule has 7 heteroatoms. The van der Waals surface area contributed by atoms with Gasteiger partial charge < -0.3 is 14.8 Å². The molecular formula is C17H33IN6. The van der Waals surface area contributed by atoms with E-state index in [1.165, 1.54) is 6.42 Å². The van der Waals surface area contributed by atoms with Crippen molar-refractivity contribution < 1.29 is 0 Å². The first-order chi connectivity index (χ1) is 11.1. The van der Waals surface area contributed by atoms with Gasteiger partial charge in [-0.3, -0.25) is 4.99 Å². The van der Waals surface area contributed by atoms with Crippen molar-refractivity contribution >= 4 is 29.9 Å². The first-order valence-electron chi connectivity index (χ1n) is 9.03. The molecule has 2 rings (SSSR count). The Kier molecular flexibility index (Phi) is 9.61. The maximum atomic E-state index is 4.79. The maximum absolute atomic E-state index is 4.79. The SMILES string of the molecule is CCCN=C(NCCn1cnnc1CC)N1CC(C)CC(C)C1.I. The van der Waals surface area contributed by atoms with Gasteiger partial charge in [-0.1, -0.05) is 27.7 Å². The third kappa shape index (κ3) is 6.22. The number of aliphatic imine (C=N–C) groups is 1. The van der Waals surface area contributed by atoms with Crippen molar-refractivity contribution in [2.24, 2.45) is 16.8 Å². The molecule has 1 N–H and O–H groups in total. The summed E-state index contributed by atoms with van der Waals surface area (Å²) >= 11 is 0. The smallest absolute Gasteiger partial charge is 0.194 e. The zero-order chi connectivity index (χ0) is 16.7. The highest BCUT2D eigenvalue weighted by molar-refractivity contribution is 14.0. The lowest BCUT2D eigenvalue weighted by Gasteiger charge is -2.37. The van der Waals surface area contributed by atoms with Crippen molar-refractivity contribution in [1.29, 1.82) is 0 Å². The number of aryl methyl sites for hydroxylation is 1. The summed E-state index contributed by atoms with van der Waals surface area (Å²) in [6.45, 7) is 13.8. The third-order valence-corrected chi connectivity index (χ3v) is 4.30. The number of nitrogens with one attached hydrogen (secondary N) is 1. The van der Waals surface area contributed by atoms with Crippen molar-refractivity contribution in [3.05, 3.63) is 12.2 Å². The lowest BCUT2D eigenvalue weighted by atomic mass is 9.92. The Morgan fingerprint density at radius 3 is 2.62 bits per heavy atom. The molecule has 0 radical (unpaired) electrons. The Morgan fingerprint density at radius 2 is 2.00 bits per heavy atom. The molecule has 2 heterocycles. The topological polar surface area (TPSA) is 58.3 Å². The molecule has 0 aliphatic carbocycles. The van der Waals surface area contributed by atoms with Crippen LogP contribution in [0.25, 0.3) is 0 Å². The van der Waals surface area contributed by atoms with E-state index in [0.717, 1.165) is 69.2 Å². The highest BCUT2D eigenvalue weighted by Crippen LogP contribution is 2.20. The molecule has 1 aromatic rings. The van der Waals surface area contributed by atoms with Gasteiger partial charge in [0.15, 0.2) is 5.96 Å². The van der Waals surface area contributed by atoms with E-state index in [9.17, 15) is 0 Å². The van der Waals surface area contributed by atoms with E-state index in [1.807, 2.05) is 6.33 Å². The predicted octanol–water partition coefficient (Wildman–Crippen LogP) is 2.79. The number of likely N-dealkylation sites (tertiary alicyclic amines) is 1. The number of piperidine rings is 1. The van der Waals surface area contributed by atoms with Crippen molar-refractivity contribution in [2.45, 2.75) is 53.5 Å². The first-order valence-corrected chi connectivity index (χ1v) is 9.03. The van der Waals surface area contributed by atoms with Gasteiger partial charge >= 0.3 is 0 Å². The summed E-state index contributed by atoms with van der Waals surface area (Å²) in [7, 11) is 0. The summed E-state index contributed by atoms with van der Waals surface area (Å²) in [5.74, 6) is 3.57. The molecule has 1 aliphatic rings. The Labute approximate surface area is 163 Å². The second-order valence-corrected chi connectivity index (χ2v) is 6.78. The van der Waals surface area contributed by atoms with Crippen LogP contribution in [0, 0.1) is 11.8 Å². The van der Waals surface area contributed by atoms with Crippen LogP contribution in [0.1, 0.15) is 46.4 Å². The predicted molar refractivity (Wildman–Crippen MR) is 110 cm³/mol. The zero-order valence-corrected chi connectivity index (χ0v) is 17.9. The number of hydrogen-bond acceptors (Lipinski definition) is 3. The van der Waals surface area contributed by atoms with E-state index < -0.39 is 0 Å². The van der Waals surface area contributed by atoms with Gasteiger partial charge in [0.05, 0.1) is 0 Å². The van der Waals surface area contributed by atoms with Crippen LogP contribution in [0.15, 0.2) is 11.3 Å². The molecule has 138 valence electrons. The fourth-order valence-corrected chi connectivity index (χ4v) is 3.35. The quantitative estimate of drug-likeness (QED) is 0.413. The number of hydrogen-bond donors (Lipinski definition) is 1. The maximum Gasteiger partial charge on any atom is 0.194 e. The molecule has 2 unspecified atom stereocenters. The minimum Gasteiger partial charge on any atom is -0.354 e. The average Bonchev–Trinajstić information content (AvgIpc) is 2.97. The molecule has 1 aliphatic heterocycles. The average molecular weight is 448 g/mol. The Morgan fingerprint density at radius 1 is 1.29 bits per heavy atom. The number of guanidine groups is 1. The van der Waals surface area contributed by atoms with Gasteiger partial charge in [0.25, 0.3) is 0 Å². The highest BCUT2D eigenvalue weighted by atomic mass is 127. The Bertz CT molecular complexity index is 491. The van der Waals surface area contributed by atoms with Crippen LogP contribution in [0.3, 0.4) is 0 Å². The summed E-state index contributed by atoms with van der Waals surface area (Å²) in [5, 5.41) is 11.7. The first kappa shape index (κ1) is 21.2. The van der Waals surface area contributed by atoms with E-state index in [2.05, 4.69) is 52.7 Å². The number of halogens is 1.